The smallest absolute Gasteiger partial charge is 0.213 e. The molecule has 0 atom stereocenters. The quantitative estimate of drug-likeness (QED) is 0.488. The van der Waals surface area contributed by atoms with E-state index in [0.29, 0.717) is 11.1 Å². The van der Waals surface area contributed by atoms with Crippen LogP contribution in [-0.2, 0) is 9.84 Å². The number of sulfone groups is 1. The van der Waals surface area contributed by atoms with Gasteiger partial charge in [-0.1, -0.05) is 72.8 Å². The molecule has 0 unspecified atom stereocenters. The maximum atomic E-state index is 13.1. The lowest BCUT2D eigenvalue weighted by Gasteiger charge is -2.11. The van der Waals surface area contributed by atoms with Crippen molar-refractivity contribution in [1.82, 2.24) is 0 Å². The molecule has 5 heteroatoms. The van der Waals surface area contributed by atoms with Gasteiger partial charge in [-0.2, -0.15) is 0 Å². The summed E-state index contributed by atoms with van der Waals surface area (Å²) in [6.07, 6.45) is 0. The van der Waals surface area contributed by atoms with E-state index < -0.39 is 9.84 Å². The summed E-state index contributed by atoms with van der Waals surface area (Å²) in [5.41, 5.74) is 3.13. The van der Waals surface area contributed by atoms with E-state index in [9.17, 15) is 18.6 Å². The molecule has 0 aliphatic carbocycles. The number of hydrogen-bond donors (Lipinski definition) is 2. The summed E-state index contributed by atoms with van der Waals surface area (Å²) in [5.74, 6) is -0.726. The Labute approximate surface area is 169 Å². The molecule has 0 aliphatic rings. The van der Waals surface area contributed by atoms with Crippen molar-refractivity contribution in [3.8, 4) is 33.8 Å². The van der Waals surface area contributed by atoms with Gasteiger partial charge < -0.3 is 10.2 Å². The second kappa shape index (κ2) is 7.45. The predicted octanol–water partition coefficient (Wildman–Crippen LogP) is 5.26. The minimum atomic E-state index is -4.10. The van der Waals surface area contributed by atoms with E-state index in [1.807, 2.05) is 60.7 Å². The molecule has 4 aromatic rings. The van der Waals surface area contributed by atoms with Crippen LogP contribution in [0.3, 0.4) is 0 Å². The molecule has 4 aromatic carbocycles. The van der Waals surface area contributed by atoms with E-state index in [1.54, 1.807) is 12.1 Å². The summed E-state index contributed by atoms with van der Waals surface area (Å²) in [6.45, 7) is 0. The first-order chi connectivity index (χ1) is 14.0. The minimum Gasteiger partial charge on any atom is -0.507 e. The van der Waals surface area contributed by atoms with Gasteiger partial charge in [0.2, 0.25) is 9.84 Å². The van der Waals surface area contributed by atoms with Crippen molar-refractivity contribution in [2.75, 3.05) is 0 Å². The van der Waals surface area contributed by atoms with Crippen LogP contribution in [0.4, 0.5) is 0 Å². The number of rotatable bonds is 4. The Kier molecular flexibility index (Phi) is 4.82. The largest absolute Gasteiger partial charge is 0.507 e. The van der Waals surface area contributed by atoms with Crippen LogP contribution in [0.5, 0.6) is 11.5 Å². The minimum absolute atomic E-state index is 0.250. The zero-order chi connectivity index (χ0) is 20.4. The molecule has 0 aromatic heterocycles. The molecule has 2 N–H and O–H groups in total. The van der Waals surface area contributed by atoms with Crippen LogP contribution in [0.2, 0.25) is 0 Å². The number of hydrogen-bond acceptors (Lipinski definition) is 4. The van der Waals surface area contributed by atoms with Gasteiger partial charge in [-0.15, -0.1) is 0 Å². The normalized spacial score (nSPS) is 11.3. The first-order valence-electron chi connectivity index (χ1n) is 8.99. The molecule has 0 spiro atoms. The zero-order valence-corrected chi connectivity index (χ0v) is 16.2. The van der Waals surface area contributed by atoms with Crippen molar-refractivity contribution in [2.45, 2.75) is 9.79 Å². The molecule has 0 heterocycles. The Morgan fingerprint density at radius 2 is 0.862 bits per heavy atom. The van der Waals surface area contributed by atoms with Gasteiger partial charge in [0.25, 0.3) is 0 Å². The van der Waals surface area contributed by atoms with E-state index in [4.69, 9.17) is 0 Å². The number of benzene rings is 4. The van der Waals surface area contributed by atoms with Gasteiger partial charge in [-0.25, -0.2) is 8.42 Å². The van der Waals surface area contributed by atoms with Crippen LogP contribution in [0.15, 0.2) is 107 Å². The highest BCUT2D eigenvalue weighted by molar-refractivity contribution is 7.91. The first kappa shape index (κ1) is 18.8. The number of phenols is 2. The molecule has 0 amide bonds. The Balaban J connectivity index is 1.74. The Hall–Kier alpha value is -3.57. The van der Waals surface area contributed by atoms with Crippen LogP contribution in [-0.4, -0.2) is 18.6 Å². The Morgan fingerprint density at radius 3 is 1.21 bits per heavy atom. The molecular formula is C24H18O4S. The van der Waals surface area contributed by atoms with Crippen LogP contribution >= 0.6 is 0 Å². The first-order valence-corrected chi connectivity index (χ1v) is 10.5. The molecule has 29 heavy (non-hydrogen) atoms. The molecule has 0 saturated heterocycles. The Morgan fingerprint density at radius 1 is 0.483 bits per heavy atom. The van der Waals surface area contributed by atoms with E-state index in [-0.39, 0.29) is 21.3 Å². The predicted molar refractivity (Wildman–Crippen MR) is 113 cm³/mol. The molecule has 0 aliphatic heterocycles. The summed E-state index contributed by atoms with van der Waals surface area (Å²) in [6, 6.07) is 27.5. The van der Waals surface area contributed by atoms with Crippen molar-refractivity contribution in [2.24, 2.45) is 0 Å². The average molecular weight is 402 g/mol. The zero-order valence-electron chi connectivity index (χ0n) is 15.4. The van der Waals surface area contributed by atoms with Crippen molar-refractivity contribution >= 4 is 9.84 Å². The van der Waals surface area contributed by atoms with Crippen LogP contribution in [0.1, 0.15) is 0 Å². The van der Waals surface area contributed by atoms with Gasteiger partial charge in [0, 0.05) is 0 Å². The molecule has 4 nitrogen and oxygen atoms in total. The average Bonchev–Trinajstić information content (AvgIpc) is 2.74. The fraction of sp³-hybridized carbons (Fsp3) is 0. The van der Waals surface area contributed by atoms with E-state index in [2.05, 4.69) is 0 Å². The van der Waals surface area contributed by atoms with Crippen LogP contribution < -0.4 is 0 Å². The topological polar surface area (TPSA) is 74.6 Å². The van der Waals surface area contributed by atoms with Gasteiger partial charge in [0.1, 0.15) is 21.3 Å². The fourth-order valence-corrected chi connectivity index (χ4v) is 4.63. The molecule has 144 valence electrons. The third-order valence-electron chi connectivity index (χ3n) is 4.71. The van der Waals surface area contributed by atoms with Crippen molar-refractivity contribution < 1.29 is 18.6 Å². The van der Waals surface area contributed by atoms with E-state index >= 15 is 0 Å². The van der Waals surface area contributed by atoms with Gasteiger partial charge >= 0.3 is 0 Å². The van der Waals surface area contributed by atoms with Crippen molar-refractivity contribution in [1.29, 1.82) is 0 Å². The standard InChI is InChI=1S/C24H18O4S/c25-21-15-19(17-7-3-1-4-8-17)11-13-23(21)29(27,28)24-14-12-20(16-22(24)26)18-9-5-2-6-10-18/h1-16,25-26H. The molecular weight excluding hydrogens is 384 g/mol. The maximum absolute atomic E-state index is 13.1. The summed E-state index contributed by atoms with van der Waals surface area (Å²) in [7, 11) is -4.10. The molecule has 4 rings (SSSR count). The van der Waals surface area contributed by atoms with E-state index in [1.165, 1.54) is 24.3 Å². The second-order valence-electron chi connectivity index (χ2n) is 6.60. The molecule has 0 fully saturated rings. The van der Waals surface area contributed by atoms with Crippen LogP contribution in [0, 0.1) is 0 Å². The summed E-state index contributed by atoms with van der Waals surface area (Å²) < 4.78 is 26.1. The highest BCUT2D eigenvalue weighted by atomic mass is 32.2. The SMILES string of the molecule is O=S(=O)(c1ccc(-c2ccccc2)cc1O)c1ccc(-c2ccccc2)cc1O. The number of phenolic OH excluding ortho intramolecular Hbond substituents is 2. The van der Waals surface area contributed by atoms with Crippen molar-refractivity contribution in [3.63, 3.8) is 0 Å². The number of aromatic hydroxyl groups is 2. The summed E-state index contributed by atoms with van der Waals surface area (Å²) in [5, 5.41) is 20.8. The maximum Gasteiger partial charge on any atom is 0.213 e. The van der Waals surface area contributed by atoms with Gasteiger partial charge in [0.05, 0.1) is 0 Å². The highest BCUT2D eigenvalue weighted by Crippen LogP contribution is 2.37. The Bertz CT molecular complexity index is 1170. The van der Waals surface area contributed by atoms with Crippen molar-refractivity contribution in [3.05, 3.63) is 97.1 Å². The monoisotopic (exact) mass is 402 g/mol. The third-order valence-corrected chi connectivity index (χ3v) is 6.56. The lowest BCUT2D eigenvalue weighted by Crippen LogP contribution is -2.03. The lowest BCUT2D eigenvalue weighted by molar-refractivity contribution is 0.453. The summed E-state index contributed by atoms with van der Waals surface area (Å²) >= 11 is 0. The summed E-state index contributed by atoms with van der Waals surface area (Å²) in [4.78, 5) is -0.500. The second-order valence-corrected chi connectivity index (χ2v) is 8.49. The van der Waals surface area contributed by atoms with E-state index in [0.717, 1.165) is 11.1 Å². The molecule has 0 saturated carbocycles. The highest BCUT2D eigenvalue weighted by Gasteiger charge is 2.25. The fourth-order valence-electron chi connectivity index (χ4n) is 3.23. The third kappa shape index (κ3) is 3.60. The van der Waals surface area contributed by atoms with Gasteiger partial charge in [-0.05, 0) is 46.5 Å². The lowest BCUT2D eigenvalue weighted by atomic mass is 10.1. The molecule has 0 radical (unpaired) electrons. The van der Waals surface area contributed by atoms with Gasteiger partial charge in [-0.3, -0.25) is 0 Å². The van der Waals surface area contributed by atoms with Crippen LogP contribution in [0.25, 0.3) is 22.3 Å². The van der Waals surface area contributed by atoms with Gasteiger partial charge in [0.15, 0.2) is 0 Å². The molecule has 0 bridgehead atoms.